The van der Waals surface area contributed by atoms with E-state index in [9.17, 15) is 13.6 Å². The summed E-state index contributed by atoms with van der Waals surface area (Å²) < 4.78 is 26.5. The molecule has 2 unspecified atom stereocenters. The Morgan fingerprint density at radius 3 is 2.43 bits per heavy atom. The van der Waals surface area contributed by atoms with E-state index in [1.807, 2.05) is 19.0 Å². The fourth-order valence-corrected chi connectivity index (χ4v) is 3.50. The Morgan fingerprint density at radius 1 is 1.29 bits per heavy atom. The van der Waals surface area contributed by atoms with Gasteiger partial charge in [0.2, 0.25) is 0 Å². The number of carbonyl (C=O) groups is 1. The van der Waals surface area contributed by atoms with E-state index >= 15 is 0 Å². The highest BCUT2D eigenvalue weighted by Crippen LogP contribution is 2.37. The molecule has 0 spiro atoms. The predicted octanol–water partition coefficient (Wildman–Crippen LogP) is 3.59. The van der Waals surface area contributed by atoms with Gasteiger partial charge in [0, 0.05) is 12.5 Å². The van der Waals surface area contributed by atoms with Gasteiger partial charge in [0.15, 0.2) is 5.78 Å². The van der Waals surface area contributed by atoms with Crippen molar-refractivity contribution in [2.75, 3.05) is 14.1 Å². The van der Waals surface area contributed by atoms with Gasteiger partial charge in [0.05, 0.1) is 5.54 Å². The SMILES string of the molecule is CC1CCCC(C(=O)Cc2cc(F)cc(F)c2)(N(C)C)C1. The molecule has 0 heterocycles. The van der Waals surface area contributed by atoms with Crippen LogP contribution < -0.4 is 0 Å². The molecule has 1 aromatic carbocycles. The molecule has 0 amide bonds. The summed E-state index contributed by atoms with van der Waals surface area (Å²) in [6.07, 6.45) is 3.87. The second-order valence-electron chi connectivity index (χ2n) is 6.51. The fourth-order valence-electron chi connectivity index (χ4n) is 3.50. The zero-order valence-electron chi connectivity index (χ0n) is 13.0. The molecule has 0 aromatic heterocycles. The van der Waals surface area contributed by atoms with E-state index in [0.717, 1.165) is 31.7 Å². The summed E-state index contributed by atoms with van der Waals surface area (Å²) in [5, 5.41) is 0. The van der Waals surface area contributed by atoms with Gasteiger partial charge >= 0.3 is 0 Å². The molecule has 0 aliphatic heterocycles. The number of likely N-dealkylation sites (N-methyl/N-ethyl adjacent to an activating group) is 1. The summed E-state index contributed by atoms with van der Waals surface area (Å²) in [4.78, 5) is 14.8. The average Bonchev–Trinajstić information content (AvgIpc) is 2.36. The normalized spacial score (nSPS) is 26.1. The second kappa shape index (κ2) is 6.22. The smallest absolute Gasteiger partial charge is 0.157 e. The van der Waals surface area contributed by atoms with Crippen molar-refractivity contribution in [2.24, 2.45) is 5.92 Å². The van der Waals surface area contributed by atoms with Crippen LogP contribution in [-0.4, -0.2) is 30.3 Å². The molecule has 1 aliphatic rings. The van der Waals surface area contributed by atoms with E-state index < -0.39 is 17.2 Å². The van der Waals surface area contributed by atoms with Gasteiger partial charge in [-0.05, 0) is 50.6 Å². The summed E-state index contributed by atoms with van der Waals surface area (Å²) in [6, 6.07) is 3.32. The molecule has 2 rings (SSSR count). The first kappa shape index (κ1) is 16.1. The molecule has 0 radical (unpaired) electrons. The highest BCUT2D eigenvalue weighted by molar-refractivity contribution is 5.90. The summed E-state index contributed by atoms with van der Waals surface area (Å²) >= 11 is 0. The van der Waals surface area contributed by atoms with Crippen LogP contribution in [-0.2, 0) is 11.2 Å². The number of carbonyl (C=O) groups excluding carboxylic acids is 1. The van der Waals surface area contributed by atoms with Gasteiger partial charge in [0.25, 0.3) is 0 Å². The van der Waals surface area contributed by atoms with Crippen molar-refractivity contribution in [1.29, 1.82) is 0 Å². The van der Waals surface area contributed by atoms with Crippen molar-refractivity contribution in [3.05, 3.63) is 35.4 Å². The van der Waals surface area contributed by atoms with E-state index in [1.165, 1.54) is 12.1 Å². The van der Waals surface area contributed by atoms with Gasteiger partial charge in [-0.25, -0.2) is 8.78 Å². The minimum absolute atomic E-state index is 0.0593. The van der Waals surface area contributed by atoms with Gasteiger partial charge in [-0.3, -0.25) is 9.69 Å². The summed E-state index contributed by atoms with van der Waals surface area (Å²) in [7, 11) is 3.84. The van der Waals surface area contributed by atoms with Crippen LogP contribution in [0.1, 0.15) is 38.2 Å². The highest BCUT2D eigenvalue weighted by atomic mass is 19.1. The fraction of sp³-hybridized carbons (Fsp3) is 0.588. The maximum absolute atomic E-state index is 13.3. The first-order chi connectivity index (χ1) is 9.83. The van der Waals surface area contributed by atoms with Crippen LogP contribution in [0.15, 0.2) is 18.2 Å². The van der Waals surface area contributed by atoms with Gasteiger partial charge < -0.3 is 0 Å². The third-order valence-electron chi connectivity index (χ3n) is 4.64. The van der Waals surface area contributed by atoms with E-state index in [0.29, 0.717) is 11.5 Å². The molecule has 2 atom stereocenters. The maximum Gasteiger partial charge on any atom is 0.157 e. The predicted molar refractivity (Wildman–Crippen MR) is 79.1 cm³/mol. The van der Waals surface area contributed by atoms with Gasteiger partial charge in [-0.1, -0.05) is 19.8 Å². The van der Waals surface area contributed by atoms with Crippen LogP contribution in [0.5, 0.6) is 0 Å². The molecule has 1 saturated carbocycles. The first-order valence-electron chi connectivity index (χ1n) is 7.49. The van der Waals surface area contributed by atoms with E-state index in [-0.39, 0.29) is 12.2 Å². The lowest BCUT2D eigenvalue weighted by atomic mass is 9.72. The zero-order valence-corrected chi connectivity index (χ0v) is 13.0. The van der Waals surface area contributed by atoms with Crippen LogP contribution in [0.2, 0.25) is 0 Å². The Morgan fingerprint density at radius 2 is 1.90 bits per heavy atom. The molecule has 0 N–H and O–H groups in total. The molecule has 1 aliphatic carbocycles. The number of rotatable bonds is 4. The van der Waals surface area contributed by atoms with Crippen molar-refractivity contribution in [3.63, 3.8) is 0 Å². The molecule has 1 fully saturated rings. The van der Waals surface area contributed by atoms with Crippen LogP contribution in [0.25, 0.3) is 0 Å². The number of halogens is 2. The maximum atomic E-state index is 13.3. The molecule has 116 valence electrons. The summed E-state index contributed by atoms with van der Waals surface area (Å²) in [6.45, 7) is 2.16. The van der Waals surface area contributed by atoms with E-state index in [2.05, 4.69) is 6.92 Å². The standard InChI is InChI=1S/C17H23F2NO/c1-12-5-4-6-17(11-12,20(2)3)16(21)9-13-7-14(18)10-15(19)8-13/h7-8,10,12H,4-6,9,11H2,1-3H3. The minimum Gasteiger partial charge on any atom is -0.297 e. The highest BCUT2D eigenvalue weighted by Gasteiger charge is 2.42. The summed E-state index contributed by atoms with van der Waals surface area (Å²) in [5.74, 6) is -0.708. The number of ketones is 1. The Labute approximate surface area is 125 Å². The van der Waals surface area contributed by atoms with Crippen LogP contribution in [0.4, 0.5) is 8.78 Å². The van der Waals surface area contributed by atoms with Crippen LogP contribution >= 0.6 is 0 Å². The molecule has 0 bridgehead atoms. The number of hydrogen-bond acceptors (Lipinski definition) is 2. The third kappa shape index (κ3) is 3.49. The quantitative estimate of drug-likeness (QED) is 0.846. The monoisotopic (exact) mass is 295 g/mol. The van der Waals surface area contributed by atoms with E-state index in [1.54, 1.807) is 0 Å². The third-order valence-corrected chi connectivity index (χ3v) is 4.64. The number of hydrogen-bond donors (Lipinski definition) is 0. The van der Waals surface area contributed by atoms with E-state index in [4.69, 9.17) is 0 Å². The number of nitrogens with zero attached hydrogens (tertiary/aromatic N) is 1. The average molecular weight is 295 g/mol. The lowest BCUT2D eigenvalue weighted by molar-refractivity contribution is -0.132. The molecule has 4 heteroatoms. The molecular weight excluding hydrogens is 272 g/mol. The Balaban J connectivity index is 2.23. The largest absolute Gasteiger partial charge is 0.297 e. The molecule has 2 nitrogen and oxygen atoms in total. The van der Waals surface area contributed by atoms with Crippen molar-refractivity contribution < 1.29 is 13.6 Å². The Kier molecular flexibility index (Phi) is 4.77. The van der Waals surface area contributed by atoms with Crippen molar-refractivity contribution in [1.82, 2.24) is 4.90 Å². The van der Waals surface area contributed by atoms with Gasteiger partial charge in [0.1, 0.15) is 11.6 Å². The molecule has 1 aromatic rings. The van der Waals surface area contributed by atoms with Gasteiger partial charge in [-0.15, -0.1) is 0 Å². The lowest BCUT2D eigenvalue weighted by Gasteiger charge is -2.44. The first-order valence-corrected chi connectivity index (χ1v) is 7.49. The van der Waals surface area contributed by atoms with Crippen molar-refractivity contribution >= 4 is 5.78 Å². The Hall–Kier alpha value is -1.29. The van der Waals surface area contributed by atoms with Gasteiger partial charge in [-0.2, -0.15) is 0 Å². The van der Waals surface area contributed by atoms with Crippen LogP contribution in [0, 0.1) is 17.6 Å². The number of benzene rings is 1. The van der Waals surface area contributed by atoms with Crippen molar-refractivity contribution in [2.45, 2.75) is 44.6 Å². The Bertz CT molecular complexity index is 509. The number of Topliss-reactive ketones (excluding diaryl/α,β-unsaturated/α-hetero) is 1. The molecule has 21 heavy (non-hydrogen) atoms. The zero-order chi connectivity index (χ0) is 15.6. The van der Waals surface area contributed by atoms with Crippen LogP contribution in [0.3, 0.4) is 0 Å². The van der Waals surface area contributed by atoms with Crippen molar-refractivity contribution in [3.8, 4) is 0 Å². The molecular formula is C17H23F2NO. The molecule has 0 saturated heterocycles. The topological polar surface area (TPSA) is 20.3 Å². The second-order valence-corrected chi connectivity index (χ2v) is 6.51. The minimum atomic E-state index is -0.631. The summed E-state index contributed by atoms with van der Waals surface area (Å²) in [5.41, 5.74) is -0.0857. The lowest BCUT2D eigenvalue weighted by Crippen LogP contribution is -2.54.